The number of unbranched alkanes of at least 4 members (excludes halogenated alkanes) is 2. The van der Waals surface area contributed by atoms with Crippen LogP contribution in [0.3, 0.4) is 0 Å². The number of hydrogen-bond acceptors (Lipinski definition) is 5. The van der Waals surface area contributed by atoms with Gasteiger partial charge < -0.3 is 9.15 Å². The molecule has 87 valence electrons. The Morgan fingerprint density at radius 3 is 2.88 bits per heavy atom. The highest BCUT2D eigenvalue weighted by Gasteiger charge is 2.11. The Labute approximate surface area is 92.3 Å². The molecule has 0 N–H and O–H groups in total. The van der Waals surface area contributed by atoms with E-state index in [0.29, 0.717) is 6.61 Å². The fourth-order valence-electron chi connectivity index (χ4n) is 1.31. The smallest absolute Gasteiger partial charge is 0.433 e. The molecule has 0 saturated heterocycles. The van der Waals surface area contributed by atoms with Crippen LogP contribution in [0, 0.1) is 10.1 Å². The molecule has 6 nitrogen and oxygen atoms in total. The average molecular weight is 226 g/mol. The Kier molecular flexibility index (Phi) is 5.04. The van der Waals surface area contributed by atoms with Gasteiger partial charge in [0.05, 0.1) is 12.7 Å². The lowest BCUT2D eigenvalue weighted by Crippen LogP contribution is -1.92. The van der Waals surface area contributed by atoms with Crippen LogP contribution in [-0.4, -0.2) is 18.0 Å². The summed E-state index contributed by atoms with van der Waals surface area (Å²) in [6.07, 6.45) is 4.66. The van der Waals surface area contributed by atoms with Crippen molar-refractivity contribution in [2.45, 2.75) is 25.7 Å². The van der Waals surface area contributed by atoms with E-state index in [2.05, 4.69) is 4.74 Å². The van der Waals surface area contributed by atoms with Crippen molar-refractivity contribution in [3.63, 3.8) is 0 Å². The van der Waals surface area contributed by atoms with Gasteiger partial charge in [0.15, 0.2) is 0 Å². The number of nitro groups is 1. The summed E-state index contributed by atoms with van der Waals surface area (Å²) in [6.45, 7) is 1.72. The van der Waals surface area contributed by atoms with E-state index >= 15 is 0 Å². The van der Waals surface area contributed by atoms with Crippen molar-refractivity contribution in [1.29, 1.82) is 0 Å². The summed E-state index contributed by atoms with van der Waals surface area (Å²) in [6, 6.07) is 1.43. The van der Waals surface area contributed by atoms with Gasteiger partial charge in [-0.05, 0) is 31.2 Å². The lowest BCUT2D eigenvalue weighted by molar-refractivity contribution is -0.402. The highest BCUT2D eigenvalue weighted by atomic mass is 16.6. The average Bonchev–Trinajstić information content (AvgIpc) is 2.72. The molecule has 1 heterocycles. The summed E-state index contributed by atoms with van der Waals surface area (Å²) < 4.78 is 9.15. The molecule has 0 atom stereocenters. The van der Waals surface area contributed by atoms with Crippen LogP contribution < -0.4 is 0 Å². The van der Waals surface area contributed by atoms with Gasteiger partial charge in [0.25, 0.3) is 0 Å². The highest BCUT2D eigenvalue weighted by molar-refractivity contribution is 5.37. The van der Waals surface area contributed by atoms with E-state index in [4.69, 9.17) is 4.42 Å². The maximum absolute atomic E-state index is 10.3. The van der Waals surface area contributed by atoms with Gasteiger partial charge >= 0.3 is 12.4 Å². The molecule has 0 aromatic carbocycles. The second-order valence-corrected chi connectivity index (χ2v) is 3.29. The normalized spacial score (nSPS) is 10.0. The minimum atomic E-state index is -0.558. The zero-order valence-electron chi connectivity index (χ0n) is 8.68. The Balaban J connectivity index is 2.16. The second kappa shape index (κ2) is 6.60. The maximum Gasteiger partial charge on any atom is 0.433 e. The number of aryl methyl sites for hydroxylation is 1. The third kappa shape index (κ3) is 4.12. The fraction of sp³-hybridized carbons (Fsp3) is 0.500. The summed E-state index contributed by atoms with van der Waals surface area (Å²) in [5.74, 6) is -0.228. The Hall–Kier alpha value is -1.85. The molecule has 1 aromatic rings. The predicted octanol–water partition coefficient (Wildman–Crippen LogP) is 1.98. The van der Waals surface area contributed by atoms with Gasteiger partial charge in [-0.25, -0.2) is 4.79 Å². The number of carbonyl (C=O) groups excluding carboxylic acids is 1. The zero-order valence-corrected chi connectivity index (χ0v) is 8.68. The number of rotatable bonds is 8. The molecule has 1 rings (SSSR count). The number of hydrogen-bond donors (Lipinski definition) is 0. The number of furan rings is 1. The molecule has 6 heteroatoms. The van der Waals surface area contributed by atoms with Crippen LogP contribution in [0.2, 0.25) is 0 Å². The fourth-order valence-corrected chi connectivity index (χ4v) is 1.31. The lowest BCUT2D eigenvalue weighted by atomic mass is 10.1. The largest absolute Gasteiger partial charge is 0.457 e. The first-order valence-electron chi connectivity index (χ1n) is 4.95. The Morgan fingerprint density at radius 2 is 2.25 bits per heavy atom. The summed E-state index contributed by atoms with van der Waals surface area (Å²) in [5, 5.41) is 10.3. The maximum atomic E-state index is 10.3. The van der Waals surface area contributed by atoms with Crippen LogP contribution in [0.25, 0.3) is 0 Å². The molecule has 0 spiro atoms. The number of nitrogens with zero attached hydrogens (tertiary/aromatic N) is 1. The van der Waals surface area contributed by atoms with Gasteiger partial charge in [-0.1, -0.05) is 0 Å². The monoisotopic (exact) mass is 226 g/mol. The topological polar surface area (TPSA) is 82.6 Å². The molecule has 0 aliphatic carbocycles. The lowest BCUT2D eigenvalue weighted by Gasteiger charge is -1.97. The molecule has 0 aliphatic rings. The summed E-state index contributed by atoms with van der Waals surface area (Å²) in [7, 11) is 0. The van der Waals surface area contributed by atoms with Crippen molar-refractivity contribution in [2.24, 2.45) is 0 Å². The Morgan fingerprint density at radius 1 is 1.44 bits per heavy atom. The van der Waals surface area contributed by atoms with E-state index < -0.39 is 4.92 Å². The quantitative estimate of drug-likeness (QED) is 0.384. The molecule has 16 heavy (non-hydrogen) atoms. The SMILES string of the molecule is O=[C]OCCCCCc1coc([N+](=O)[O-])c1. The first-order valence-corrected chi connectivity index (χ1v) is 4.95. The molecule has 0 unspecified atom stereocenters. The van der Waals surface area contributed by atoms with Gasteiger partial charge in [-0.3, -0.25) is 10.1 Å². The van der Waals surface area contributed by atoms with Crippen LogP contribution >= 0.6 is 0 Å². The van der Waals surface area contributed by atoms with E-state index in [1.807, 2.05) is 0 Å². The van der Waals surface area contributed by atoms with Gasteiger partial charge in [0.2, 0.25) is 0 Å². The minimum Gasteiger partial charge on any atom is -0.457 e. The molecular formula is C10H12NO5. The van der Waals surface area contributed by atoms with Crippen LogP contribution in [0.4, 0.5) is 5.88 Å². The van der Waals surface area contributed by atoms with Crippen molar-refractivity contribution in [3.8, 4) is 0 Å². The van der Waals surface area contributed by atoms with E-state index in [1.165, 1.54) is 18.8 Å². The van der Waals surface area contributed by atoms with Crippen LogP contribution in [0.5, 0.6) is 0 Å². The van der Waals surface area contributed by atoms with Crippen molar-refractivity contribution >= 4 is 12.4 Å². The summed E-state index contributed by atoms with van der Waals surface area (Å²) in [4.78, 5) is 19.5. The van der Waals surface area contributed by atoms with Crippen LogP contribution in [-0.2, 0) is 16.0 Å². The minimum absolute atomic E-state index is 0.228. The van der Waals surface area contributed by atoms with Crippen LogP contribution in [0.1, 0.15) is 24.8 Å². The third-order valence-electron chi connectivity index (χ3n) is 2.09. The molecule has 0 aliphatic heterocycles. The molecular weight excluding hydrogens is 214 g/mol. The van der Waals surface area contributed by atoms with Gasteiger partial charge in [0.1, 0.15) is 11.2 Å². The van der Waals surface area contributed by atoms with Crippen molar-refractivity contribution < 1.29 is 18.9 Å². The highest BCUT2D eigenvalue weighted by Crippen LogP contribution is 2.17. The molecule has 0 fully saturated rings. The molecule has 1 radical (unpaired) electrons. The van der Waals surface area contributed by atoms with Crippen molar-refractivity contribution in [3.05, 3.63) is 28.0 Å². The van der Waals surface area contributed by atoms with E-state index in [-0.39, 0.29) is 5.88 Å². The summed E-state index contributed by atoms with van der Waals surface area (Å²) in [5.41, 5.74) is 0.814. The first kappa shape index (κ1) is 12.2. The van der Waals surface area contributed by atoms with Crippen molar-refractivity contribution in [1.82, 2.24) is 0 Å². The second-order valence-electron chi connectivity index (χ2n) is 3.29. The van der Waals surface area contributed by atoms with E-state index in [1.54, 1.807) is 0 Å². The standard InChI is InChI=1S/C10H12NO5/c12-8-15-5-3-1-2-4-9-6-10(11(13)14)16-7-9/h6-7H,1-5H2. The molecule has 0 saturated carbocycles. The first-order chi connectivity index (χ1) is 7.74. The Bertz CT molecular complexity index is 347. The third-order valence-corrected chi connectivity index (χ3v) is 2.09. The van der Waals surface area contributed by atoms with Gasteiger partial charge in [-0.15, -0.1) is 0 Å². The zero-order chi connectivity index (χ0) is 11.8. The van der Waals surface area contributed by atoms with Crippen LogP contribution in [0.15, 0.2) is 16.7 Å². The summed E-state index contributed by atoms with van der Waals surface area (Å²) >= 11 is 0. The molecule has 1 aromatic heterocycles. The van der Waals surface area contributed by atoms with E-state index in [0.717, 1.165) is 31.2 Å². The van der Waals surface area contributed by atoms with Crippen molar-refractivity contribution in [2.75, 3.05) is 6.61 Å². The molecule has 0 bridgehead atoms. The number of ether oxygens (including phenoxy) is 1. The molecule has 0 amide bonds. The van der Waals surface area contributed by atoms with E-state index in [9.17, 15) is 14.9 Å². The van der Waals surface area contributed by atoms with Gasteiger partial charge in [0, 0.05) is 0 Å². The predicted molar refractivity (Wildman–Crippen MR) is 54.6 cm³/mol. The van der Waals surface area contributed by atoms with Gasteiger partial charge in [-0.2, -0.15) is 0 Å².